The van der Waals surface area contributed by atoms with Crippen LogP contribution >= 0.6 is 0 Å². The standard InChI is InChI=1S/C25H32N4O2/c1-17(20-9-5-4-6-10-20)25(31)29-14-11-21(16-29)24-26-18(2)22(19(3)27-24)15-23(30)28-12-7-8-13-28/h4-6,9-10,17,21H,7-8,11-16H2,1-3H3/t17-,21-/m0/s1. The Morgan fingerprint density at radius 1 is 1.00 bits per heavy atom. The number of hydrogen-bond acceptors (Lipinski definition) is 4. The van der Waals surface area contributed by atoms with Gasteiger partial charge in [-0.3, -0.25) is 9.59 Å². The van der Waals surface area contributed by atoms with Crippen LogP contribution in [0.3, 0.4) is 0 Å². The van der Waals surface area contributed by atoms with E-state index in [4.69, 9.17) is 9.97 Å². The predicted octanol–water partition coefficient (Wildman–Crippen LogP) is 3.38. The largest absolute Gasteiger partial charge is 0.342 e. The molecular formula is C25H32N4O2. The van der Waals surface area contributed by atoms with Gasteiger partial charge in [0.2, 0.25) is 11.8 Å². The number of amides is 2. The fourth-order valence-electron chi connectivity index (χ4n) is 4.76. The summed E-state index contributed by atoms with van der Waals surface area (Å²) in [6, 6.07) is 9.93. The molecule has 2 aliphatic heterocycles. The molecule has 0 radical (unpaired) electrons. The number of carbonyl (C=O) groups is 2. The number of benzene rings is 1. The monoisotopic (exact) mass is 420 g/mol. The number of rotatable bonds is 5. The van der Waals surface area contributed by atoms with Crippen LogP contribution in [0.15, 0.2) is 30.3 Å². The molecule has 164 valence electrons. The Labute approximate surface area is 184 Å². The molecule has 6 heteroatoms. The summed E-state index contributed by atoms with van der Waals surface area (Å²) < 4.78 is 0. The molecule has 2 amide bonds. The molecule has 0 unspecified atom stereocenters. The van der Waals surface area contributed by atoms with Crippen molar-refractivity contribution >= 4 is 11.8 Å². The molecule has 0 N–H and O–H groups in total. The summed E-state index contributed by atoms with van der Waals surface area (Å²) in [6.45, 7) is 9.03. The molecule has 0 saturated carbocycles. The predicted molar refractivity (Wildman–Crippen MR) is 120 cm³/mol. The molecule has 2 aromatic rings. The lowest BCUT2D eigenvalue weighted by Gasteiger charge is -2.21. The Kier molecular flexibility index (Phi) is 6.35. The Morgan fingerprint density at radius 2 is 1.65 bits per heavy atom. The highest BCUT2D eigenvalue weighted by atomic mass is 16.2. The van der Waals surface area contributed by atoms with Crippen molar-refractivity contribution < 1.29 is 9.59 Å². The Morgan fingerprint density at radius 3 is 2.29 bits per heavy atom. The number of carbonyl (C=O) groups excluding carboxylic acids is 2. The molecule has 2 saturated heterocycles. The van der Waals surface area contributed by atoms with Crippen LogP contribution in [0.1, 0.15) is 66.4 Å². The van der Waals surface area contributed by atoms with Crippen LogP contribution in [0.25, 0.3) is 0 Å². The minimum absolute atomic E-state index is 0.146. The molecule has 31 heavy (non-hydrogen) atoms. The smallest absolute Gasteiger partial charge is 0.229 e. The maximum Gasteiger partial charge on any atom is 0.229 e. The maximum absolute atomic E-state index is 13.0. The molecular weight excluding hydrogens is 388 g/mol. The summed E-state index contributed by atoms with van der Waals surface area (Å²) >= 11 is 0. The van der Waals surface area contributed by atoms with E-state index in [2.05, 4.69) is 0 Å². The highest BCUT2D eigenvalue weighted by molar-refractivity contribution is 5.83. The van der Waals surface area contributed by atoms with Gasteiger partial charge in [0.1, 0.15) is 5.82 Å². The van der Waals surface area contributed by atoms with Crippen molar-refractivity contribution in [2.45, 2.75) is 58.3 Å². The lowest BCUT2D eigenvalue weighted by atomic mass is 10.00. The lowest BCUT2D eigenvalue weighted by molar-refractivity contribution is -0.131. The van der Waals surface area contributed by atoms with E-state index in [1.807, 2.05) is 60.9 Å². The van der Waals surface area contributed by atoms with Crippen LogP contribution < -0.4 is 0 Å². The molecule has 0 aliphatic carbocycles. The number of aryl methyl sites for hydroxylation is 2. The molecule has 4 rings (SSSR count). The summed E-state index contributed by atoms with van der Waals surface area (Å²) in [6.07, 6.45) is 3.44. The molecule has 1 aromatic carbocycles. The van der Waals surface area contributed by atoms with Crippen LogP contribution in [0.2, 0.25) is 0 Å². The van der Waals surface area contributed by atoms with E-state index in [-0.39, 0.29) is 23.7 Å². The van der Waals surface area contributed by atoms with Crippen LogP contribution in [0, 0.1) is 13.8 Å². The first-order valence-electron chi connectivity index (χ1n) is 11.4. The Hall–Kier alpha value is -2.76. The number of nitrogens with zero attached hydrogens (tertiary/aromatic N) is 4. The quantitative estimate of drug-likeness (QED) is 0.744. The van der Waals surface area contributed by atoms with Gasteiger partial charge in [-0.1, -0.05) is 30.3 Å². The van der Waals surface area contributed by atoms with Gasteiger partial charge in [0.05, 0.1) is 12.3 Å². The molecule has 2 fully saturated rings. The highest BCUT2D eigenvalue weighted by Gasteiger charge is 2.32. The third-order valence-electron chi connectivity index (χ3n) is 6.76. The zero-order chi connectivity index (χ0) is 22.0. The van der Waals surface area contributed by atoms with Crippen LogP contribution in [-0.4, -0.2) is 57.8 Å². The highest BCUT2D eigenvalue weighted by Crippen LogP contribution is 2.29. The van der Waals surface area contributed by atoms with E-state index in [9.17, 15) is 9.59 Å². The summed E-state index contributed by atoms with van der Waals surface area (Å²) in [4.78, 5) is 39.0. The first-order chi connectivity index (χ1) is 14.9. The van der Waals surface area contributed by atoms with Crippen molar-refractivity contribution in [2.75, 3.05) is 26.2 Å². The first-order valence-corrected chi connectivity index (χ1v) is 11.4. The summed E-state index contributed by atoms with van der Waals surface area (Å²) in [5, 5.41) is 0. The molecule has 6 nitrogen and oxygen atoms in total. The minimum Gasteiger partial charge on any atom is -0.342 e. The molecule has 0 spiro atoms. The zero-order valence-electron chi connectivity index (χ0n) is 18.8. The van der Waals surface area contributed by atoms with Crippen molar-refractivity contribution in [1.29, 1.82) is 0 Å². The van der Waals surface area contributed by atoms with Gasteiger partial charge in [-0.25, -0.2) is 9.97 Å². The number of hydrogen-bond donors (Lipinski definition) is 0. The van der Waals surface area contributed by atoms with Gasteiger partial charge in [-0.15, -0.1) is 0 Å². The molecule has 3 heterocycles. The number of aromatic nitrogens is 2. The SMILES string of the molecule is Cc1nc([C@H]2CCN(C(=O)[C@@H](C)c3ccccc3)C2)nc(C)c1CC(=O)N1CCCC1. The fourth-order valence-corrected chi connectivity index (χ4v) is 4.76. The van der Waals surface area contributed by atoms with Crippen molar-refractivity contribution in [2.24, 2.45) is 0 Å². The Balaban J connectivity index is 1.43. The number of likely N-dealkylation sites (tertiary alicyclic amines) is 2. The minimum atomic E-state index is -0.150. The second-order valence-corrected chi connectivity index (χ2v) is 8.90. The third-order valence-corrected chi connectivity index (χ3v) is 6.76. The third kappa shape index (κ3) is 4.63. The first kappa shape index (κ1) is 21.5. The van der Waals surface area contributed by atoms with Crippen LogP contribution in [-0.2, 0) is 16.0 Å². The average molecular weight is 421 g/mol. The molecule has 1 aromatic heterocycles. The van der Waals surface area contributed by atoms with Gasteiger partial charge in [-0.2, -0.15) is 0 Å². The second kappa shape index (κ2) is 9.16. The van der Waals surface area contributed by atoms with Gasteiger partial charge in [-0.05, 0) is 45.6 Å². The summed E-state index contributed by atoms with van der Waals surface area (Å²) in [5.74, 6) is 1.13. The topological polar surface area (TPSA) is 66.4 Å². The fraction of sp³-hybridized carbons (Fsp3) is 0.520. The van der Waals surface area contributed by atoms with Gasteiger partial charge >= 0.3 is 0 Å². The normalized spacial score (nSPS) is 19.6. The van der Waals surface area contributed by atoms with Gasteiger partial charge in [0, 0.05) is 49.0 Å². The lowest BCUT2D eigenvalue weighted by Crippen LogP contribution is -2.32. The Bertz CT molecular complexity index is 930. The van der Waals surface area contributed by atoms with E-state index < -0.39 is 0 Å². The summed E-state index contributed by atoms with van der Waals surface area (Å²) in [7, 11) is 0. The van der Waals surface area contributed by atoms with Crippen LogP contribution in [0.4, 0.5) is 0 Å². The van der Waals surface area contributed by atoms with Gasteiger partial charge in [0.15, 0.2) is 0 Å². The van der Waals surface area contributed by atoms with E-state index >= 15 is 0 Å². The molecule has 2 atom stereocenters. The van der Waals surface area contributed by atoms with Gasteiger partial charge < -0.3 is 9.80 Å². The van der Waals surface area contributed by atoms with Gasteiger partial charge in [0.25, 0.3) is 0 Å². The second-order valence-electron chi connectivity index (χ2n) is 8.90. The van der Waals surface area contributed by atoms with E-state index in [1.54, 1.807) is 0 Å². The van der Waals surface area contributed by atoms with Crippen molar-refractivity contribution in [1.82, 2.24) is 19.8 Å². The maximum atomic E-state index is 13.0. The average Bonchev–Trinajstić information content (AvgIpc) is 3.48. The molecule has 0 bridgehead atoms. The van der Waals surface area contributed by atoms with E-state index in [0.717, 1.165) is 67.2 Å². The van der Waals surface area contributed by atoms with Crippen LogP contribution in [0.5, 0.6) is 0 Å². The zero-order valence-corrected chi connectivity index (χ0v) is 18.8. The van der Waals surface area contributed by atoms with Crippen molar-refractivity contribution in [3.05, 3.63) is 58.7 Å². The van der Waals surface area contributed by atoms with Crippen molar-refractivity contribution in [3.63, 3.8) is 0 Å². The summed E-state index contributed by atoms with van der Waals surface area (Å²) in [5.41, 5.74) is 3.77. The van der Waals surface area contributed by atoms with Crippen molar-refractivity contribution in [3.8, 4) is 0 Å². The molecule has 2 aliphatic rings. The van der Waals surface area contributed by atoms with E-state index in [0.29, 0.717) is 13.0 Å². The van der Waals surface area contributed by atoms with E-state index in [1.165, 1.54) is 0 Å².